The molecule has 0 saturated heterocycles. The second kappa shape index (κ2) is 13.5. The Morgan fingerprint density at radius 2 is 1.71 bits per heavy atom. The summed E-state index contributed by atoms with van der Waals surface area (Å²) in [7, 11) is -4.22. The molecule has 0 fully saturated rings. The van der Waals surface area contributed by atoms with E-state index in [2.05, 4.69) is 5.10 Å². The first-order valence-electron chi connectivity index (χ1n) is 13.1. The van der Waals surface area contributed by atoms with E-state index >= 15 is 0 Å². The van der Waals surface area contributed by atoms with Crippen molar-refractivity contribution in [3.8, 4) is 0 Å². The Hall–Kier alpha value is -5.10. The minimum atomic E-state index is -4.22. The molecule has 0 radical (unpaired) electrons. The fourth-order valence-electron chi connectivity index (χ4n) is 4.32. The van der Waals surface area contributed by atoms with E-state index in [9.17, 15) is 28.1 Å². The van der Waals surface area contributed by atoms with E-state index in [0.29, 0.717) is 22.4 Å². The molecule has 11 nitrogen and oxygen atoms in total. The number of nitrogens with one attached hydrogen (secondary N) is 1. The Morgan fingerprint density at radius 3 is 2.38 bits per heavy atom. The predicted octanol–water partition coefficient (Wildman–Crippen LogP) is 4.17. The summed E-state index contributed by atoms with van der Waals surface area (Å²) in [6, 6.07) is 23.6. The number of nitrogens with zero attached hydrogens (tertiary/aromatic N) is 4. The average Bonchev–Trinajstić information content (AvgIpc) is 3.43. The zero-order chi connectivity index (χ0) is 30.1. The van der Waals surface area contributed by atoms with Gasteiger partial charge in [0.15, 0.2) is 0 Å². The van der Waals surface area contributed by atoms with Crippen molar-refractivity contribution in [2.24, 2.45) is 5.92 Å². The maximum absolute atomic E-state index is 13.7. The second-order valence-corrected chi connectivity index (χ2v) is 10.9. The molecule has 0 aliphatic carbocycles. The van der Waals surface area contributed by atoms with Gasteiger partial charge in [-0.2, -0.15) is 5.10 Å². The summed E-state index contributed by atoms with van der Waals surface area (Å²) < 4.78 is 29.1. The van der Waals surface area contributed by atoms with Crippen molar-refractivity contribution in [2.45, 2.75) is 19.9 Å². The van der Waals surface area contributed by atoms with Crippen LogP contribution in [-0.4, -0.2) is 41.5 Å². The van der Waals surface area contributed by atoms with E-state index in [4.69, 9.17) is 0 Å². The molecule has 4 rings (SSSR count). The summed E-state index contributed by atoms with van der Waals surface area (Å²) in [5.41, 5.74) is 2.29. The van der Waals surface area contributed by atoms with Gasteiger partial charge in [-0.25, -0.2) is 13.1 Å². The highest BCUT2D eigenvalue weighted by atomic mass is 32.2. The molecule has 0 aliphatic heterocycles. The van der Waals surface area contributed by atoms with Crippen LogP contribution < -0.4 is 9.62 Å². The molecule has 2 amide bonds. The number of amides is 2. The van der Waals surface area contributed by atoms with Gasteiger partial charge in [0.05, 0.1) is 23.1 Å². The van der Waals surface area contributed by atoms with E-state index in [1.54, 1.807) is 85.9 Å². The standard InChI is InChI=1S/C30H29N5O6S/c1-2-34(26-13-7-4-8-14-26)30(37)28(29(36)32-42(40,41)17-16-23-10-5-3-6-11-23)19-25-20-31-33(22-25)21-24-12-9-15-27(18-24)35(38)39/h3-18,20,22,28H,2,19,21H2,1H3,(H,32,36). The summed E-state index contributed by atoms with van der Waals surface area (Å²) in [6.07, 6.45) is 4.33. The van der Waals surface area contributed by atoms with Gasteiger partial charge in [0.2, 0.25) is 11.8 Å². The number of hydrogen-bond acceptors (Lipinski definition) is 7. The van der Waals surface area contributed by atoms with Crippen molar-refractivity contribution in [1.29, 1.82) is 0 Å². The van der Waals surface area contributed by atoms with E-state index in [1.807, 2.05) is 4.72 Å². The smallest absolute Gasteiger partial charge is 0.269 e. The van der Waals surface area contributed by atoms with Crippen LogP contribution in [-0.2, 0) is 32.6 Å². The third-order valence-corrected chi connectivity index (χ3v) is 7.32. The molecule has 1 atom stereocenters. The molecule has 216 valence electrons. The molecule has 0 bridgehead atoms. The van der Waals surface area contributed by atoms with E-state index in [1.165, 1.54) is 34.0 Å². The van der Waals surface area contributed by atoms with Crippen LogP contribution in [0.15, 0.2) is 103 Å². The number of rotatable bonds is 12. The number of hydrogen-bond donors (Lipinski definition) is 1. The third kappa shape index (κ3) is 7.98. The highest BCUT2D eigenvalue weighted by Crippen LogP contribution is 2.20. The number of sulfonamides is 1. The van der Waals surface area contributed by atoms with Crippen LogP contribution in [0, 0.1) is 16.0 Å². The first-order valence-corrected chi connectivity index (χ1v) is 14.6. The van der Waals surface area contributed by atoms with Crippen molar-refractivity contribution in [3.63, 3.8) is 0 Å². The number of para-hydroxylation sites is 1. The van der Waals surface area contributed by atoms with Gasteiger partial charge >= 0.3 is 0 Å². The maximum atomic E-state index is 13.7. The summed E-state index contributed by atoms with van der Waals surface area (Å²) in [6.45, 7) is 2.23. The summed E-state index contributed by atoms with van der Waals surface area (Å²) in [5, 5.41) is 16.3. The third-order valence-electron chi connectivity index (χ3n) is 6.34. The lowest BCUT2D eigenvalue weighted by molar-refractivity contribution is -0.384. The van der Waals surface area contributed by atoms with Crippen LogP contribution in [0.2, 0.25) is 0 Å². The second-order valence-electron chi connectivity index (χ2n) is 9.37. The molecule has 1 unspecified atom stereocenters. The summed E-state index contributed by atoms with van der Waals surface area (Å²) >= 11 is 0. The Kier molecular flexibility index (Phi) is 9.61. The van der Waals surface area contributed by atoms with Crippen molar-refractivity contribution in [1.82, 2.24) is 14.5 Å². The maximum Gasteiger partial charge on any atom is 0.269 e. The molecule has 0 aliphatic rings. The van der Waals surface area contributed by atoms with Crippen molar-refractivity contribution < 1.29 is 22.9 Å². The molecule has 4 aromatic rings. The molecule has 3 aromatic carbocycles. The van der Waals surface area contributed by atoms with Gasteiger partial charge in [-0.3, -0.25) is 24.4 Å². The summed E-state index contributed by atoms with van der Waals surface area (Å²) in [5.74, 6) is -2.94. The molecule has 0 saturated carbocycles. The van der Waals surface area contributed by atoms with Gasteiger partial charge in [0, 0.05) is 30.6 Å². The Bertz CT molecular complexity index is 1690. The molecular formula is C30H29N5O6S. The van der Waals surface area contributed by atoms with Gasteiger partial charge in [-0.15, -0.1) is 0 Å². The number of carbonyl (C=O) groups excluding carboxylic acids is 2. The fourth-order valence-corrected chi connectivity index (χ4v) is 5.15. The number of carbonyl (C=O) groups is 2. The van der Waals surface area contributed by atoms with Crippen LogP contribution in [0.25, 0.3) is 6.08 Å². The monoisotopic (exact) mass is 587 g/mol. The normalized spacial score (nSPS) is 12.1. The van der Waals surface area contributed by atoms with Crippen LogP contribution in [0.3, 0.4) is 0 Å². The molecular weight excluding hydrogens is 558 g/mol. The molecule has 1 N–H and O–H groups in total. The lowest BCUT2D eigenvalue weighted by atomic mass is 9.99. The van der Waals surface area contributed by atoms with Crippen LogP contribution in [0.5, 0.6) is 0 Å². The lowest BCUT2D eigenvalue weighted by Gasteiger charge is -2.25. The minimum Gasteiger partial charge on any atom is -0.312 e. The highest BCUT2D eigenvalue weighted by Gasteiger charge is 2.33. The number of non-ortho nitro benzene ring substituents is 1. The van der Waals surface area contributed by atoms with Crippen molar-refractivity contribution in [2.75, 3.05) is 11.4 Å². The van der Waals surface area contributed by atoms with Gasteiger partial charge in [-0.05, 0) is 48.2 Å². The van der Waals surface area contributed by atoms with Gasteiger partial charge in [0.1, 0.15) is 5.92 Å². The van der Waals surface area contributed by atoms with Gasteiger partial charge in [0.25, 0.3) is 15.7 Å². The van der Waals surface area contributed by atoms with Gasteiger partial charge < -0.3 is 4.90 Å². The SMILES string of the molecule is CCN(C(=O)C(Cc1cnn(Cc2cccc([N+](=O)[O-])c2)c1)C(=O)NS(=O)(=O)C=Cc1ccccc1)c1ccccc1. The zero-order valence-electron chi connectivity index (χ0n) is 22.7. The average molecular weight is 588 g/mol. The Balaban J connectivity index is 1.58. The number of aromatic nitrogens is 2. The first kappa shape index (κ1) is 29.9. The van der Waals surface area contributed by atoms with Crippen molar-refractivity contribution >= 4 is 39.3 Å². The molecule has 0 spiro atoms. The Morgan fingerprint density at radius 1 is 1.02 bits per heavy atom. The number of anilines is 1. The van der Waals surface area contributed by atoms with Crippen LogP contribution >= 0.6 is 0 Å². The molecule has 1 heterocycles. The molecule has 42 heavy (non-hydrogen) atoms. The number of nitro benzene ring substituents is 1. The topological polar surface area (TPSA) is 145 Å². The Labute approximate surface area is 243 Å². The largest absolute Gasteiger partial charge is 0.312 e. The highest BCUT2D eigenvalue weighted by molar-refractivity contribution is 7.93. The van der Waals surface area contributed by atoms with Crippen LogP contribution in [0.1, 0.15) is 23.6 Å². The zero-order valence-corrected chi connectivity index (χ0v) is 23.6. The van der Waals surface area contributed by atoms with Crippen LogP contribution in [0.4, 0.5) is 11.4 Å². The molecule has 1 aromatic heterocycles. The predicted molar refractivity (Wildman–Crippen MR) is 159 cm³/mol. The van der Waals surface area contributed by atoms with E-state index in [0.717, 1.165) is 5.41 Å². The quantitative estimate of drug-likeness (QED) is 0.149. The molecule has 12 heteroatoms. The van der Waals surface area contributed by atoms with E-state index in [-0.39, 0.29) is 25.2 Å². The minimum absolute atomic E-state index is 0.0506. The number of nitro groups is 1. The van der Waals surface area contributed by atoms with Crippen molar-refractivity contribution in [3.05, 3.63) is 130 Å². The summed E-state index contributed by atoms with van der Waals surface area (Å²) in [4.78, 5) is 39.2. The van der Waals surface area contributed by atoms with E-state index < -0.39 is 32.7 Å². The fraction of sp³-hybridized carbons (Fsp3) is 0.167. The van der Waals surface area contributed by atoms with Gasteiger partial charge in [-0.1, -0.05) is 60.7 Å². The first-order chi connectivity index (χ1) is 20.1. The lowest BCUT2D eigenvalue weighted by Crippen LogP contribution is -2.46. The number of benzene rings is 3.